The Morgan fingerprint density at radius 2 is 2.43 bits per heavy atom. The SMILES string of the molecule is CC(=O)Nc1nc(Cl)c2[nH]c[nH+]c2n1. The first-order chi connectivity index (χ1) is 6.66. The van der Waals surface area contributed by atoms with Crippen LogP contribution in [0.5, 0.6) is 0 Å². The molecule has 0 aliphatic carbocycles. The lowest BCUT2D eigenvalue weighted by molar-refractivity contribution is -0.347. The van der Waals surface area contributed by atoms with Gasteiger partial charge in [-0.25, -0.2) is 4.98 Å². The fourth-order valence-corrected chi connectivity index (χ4v) is 1.28. The van der Waals surface area contributed by atoms with Crippen LogP contribution < -0.4 is 10.3 Å². The fraction of sp³-hybridized carbons (Fsp3) is 0.143. The molecule has 6 nitrogen and oxygen atoms in total. The Bertz CT molecular complexity index is 494. The summed E-state index contributed by atoms with van der Waals surface area (Å²) in [6.07, 6.45) is 1.59. The number of aromatic nitrogens is 4. The van der Waals surface area contributed by atoms with Crippen LogP contribution in [0.25, 0.3) is 11.2 Å². The summed E-state index contributed by atoms with van der Waals surface area (Å²) in [5.74, 6) is -0.0539. The summed E-state index contributed by atoms with van der Waals surface area (Å²) >= 11 is 5.83. The van der Waals surface area contributed by atoms with Crippen molar-refractivity contribution < 1.29 is 9.78 Å². The standard InChI is InChI=1S/C7H6ClN5O/c1-3(14)11-7-12-5(8)4-6(13-7)10-2-9-4/h2H,1H3,(H2,9,10,11,12,13,14)/p+1. The van der Waals surface area contributed by atoms with E-state index >= 15 is 0 Å². The van der Waals surface area contributed by atoms with Crippen molar-refractivity contribution in [2.24, 2.45) is 0 Å². The summed E-state index contributed by atoms with van der Waals surface area (Å²) in [5.41, 5.74) is 1.16. The van der Waals surface area contributed by atoms with Crippen molar-refractivity contribution in [3.05, 3.63) is 11.5 Å². The normalized spacial score (nSPS) is 10.4. The van der Waals surface area contributed by atoms with Crippen LogP contribution in [0.1, 0.15) is 6.92 Å². The molecule has 0 saturated carbocycles. The Labute approximate surface area is 83.7 Å². The predicted octanol–water partition coefficient (Wildman–Crippen LogP) is 0.384. The van der Waals surface area contributed by atoms with Gasteiger partial charge < -0.3 is 0 Å². The van der Waals surface area contributed by atoms with Gasteiger partial charge in [0.05, 0.1) is 0 Å². The first kappa shape index (κ1) is 8.89. The minimum Gasteiger partial charge on any atom is -0.280 e. The molecular weight excluding hydrogens is 206 g/mol. The van der Waals surface area contributed by atoms with E-state index in [0.29, 0.717) is 11.2 Å². The summed E-state index contributed by atoms with van der Waals surface area (Å²) in [7, 11) is 0. The Kier molecular flexibility index (Phi) is 2.05. The lowest BCUT2D eigenvalue weighted by atomic mass is 10.5. The minimum atomic E-state index is -0.240. The molecule has 0 aromatic carbocycles. The quantitative estimate of drug-likeness (QED) is 0.671. The number of carbonyl (C=O) groups excluding carboxylic acids is 1. The van der Waals surface area contributed by atoms with Gasteiger partial charge in [-0.2, -0.15) is 4.98 Å². The second kappa shape index (κ2) is 3.22. The molecule has 14 heavy (non-hydrogen) atoms. The van der Waals surface area contributed by atoms with Crippen molar-refractivity contribution in [1.29, 1.82) is 0 Å². The second-order valence-corrected chi connectivity index (χ2v) is 3.03. The Hall–Kier alpha value is -1.69. The first-order valence-electron chi connectivity index (χ1n) is 3.86. The molecule has 0 spiro atoms. The minimum absolute atomic E-state index is 0.186. The highest BCUT2D eigenvalue weighted by molar-refractivity contribution is 6.33. The number of fused-ring (bicyclic) bond motifs is 1. The van der Waals surface area contributed by atoms with Crippen LogP contribution in [0.15, 0.2) is 6.33 Å². The van der Waals surface area contributed by atoms with E-state index in [1.165, 1.54) is 6.92 Å². The third kappa shape index (κ3) is 1.51. The van der Waals surface area contributed by atoms with Gasteiger partial charge in [-0.1, -0.05) is 16.6 Å². The molecule has 0 aliphatic heterocycles. The third-order valence-electron chi connectivity index (χ3n) is 1.58. The largest absolute Gasteiger partial charge is 0.308 e. The number of imidazole rings is 1. The molecule has 2 rings (SSSR count). The van der Waals surface area contributed by atoms with Gasteiger partial charge in [0.1, 0.15) is 0 Å². The summed E-state index contributed by atoms with van der Waals surface area (Å²) in [6, 6.07) is 0. The highest BCUT2D eigenvalue weighted by Gasteiger charge is 2.14. The number of halogens is 1. The lowest BCUT2D eigenvalue weighted by Gasteiger charge is -1.95. The number of amides is 1. The van der Waals surface area contributed by atoms with Crippen molar-refractivity contribution in [2.75, 3.05) is 5.32 Å². The van der Waals surface area contributed by atoms with Crippen LogP contribution in [-0.4, -0.2) is 20.9 Å². The topological polar surface area (TPSA) is 84.8 Å². The van der Waals surface area contributed by atoms with Gasteiger partial charge in [0.2, 0.25) is 11.4 Å². The molecule has 0 atom stereocenters. The highest BCUT2D eigenvalue weighted by Crippen LogP contribution is 2.16. The van der Waals surface area contributed by atoms with Gasteiger partial charge in [-0.05, 0) is 0 Å². The number of H-pyrrole nitrogens is 2. The second-order valence-electron chi connectivity index (χ2n) is 2.68. The van der Waals surface area contributed by atoms with E-state index < -0.39 is 0 Å². The number of hydrogen-bond acceptors (Lipinski definition) is 3. The number of aromatic amines is 2. The molecule has 72 valence electrons. The summed E-state index contributed by atoms with van der Waals surface area (Å²) in [4.78, 5) is 24.3. The molecule has 1 amide bonds. The van der Waals surface area contributed by atoms with Gasteiger partial charge in [-0.15, -0.1) is 0 Å². The molecule has 0 radical (unpaired) electrons. The number of anilines is 1. The third-order valence-corrected chi connectivity index (χ3v) is 1.85. The van der Waals surface area contributed by atoms with Gasteiger partial charge in [0, 0.05) is 6.92 Å². The molecule has 0 unspecified atom stereocenters. The number of hydrogen-bond donors (Lipinski definition) is 2. The van der Waals surface area contributed by atoms with E-state index in [4.69, 9.17) is 11.6 Å². The average Bonchev–Trinajstić information content (AvgIpc) is 2.50. The van der Waals surface area contributed by atoms with Crippen LogP contribution in [0.4, 0.5) is 5.95 Å². The number of nitrogens with one attached hydrogen (secondary N) is 3. The maximum atomic E-state index is 10.7. The van der Waals surface area contributed by atoms with E-state index in [1.807, 2.05) is 0 Å². The monoisotopic (exact) mass is 212 g/mol. The zero-order valence-corrected chi connectivity index (χ0v) is 8.01. The molecule has 3 N–H and O–H groups in total. The average molecular weight is 213 g/mol. The van der Waals surface area contributed by atoms with Crippen LogP contribution in [-0.2, 0) is 4.79 Å². The van der Waals surface area contributed by atoms with E-state index in [9.17, 15) is 4.79 Å². The lowest BCUT2D eigenvalue weighted by Crippen LogP contribution is -2.10. The highest BCUT2D eigenvalue weighted by atomic mass is 35.5. The molecule has 0 bridgehead atoms. The smallest absolute Gasteiger partial charge is 0.280 e. The molecule has 2 aromatic rings. The molecule has 0 saturated heterocycles. The van der Waals surface area contributed by atoms with Crippen LogP contribution in [0, 0.1) is 0 Å². The Morgan fingerprint density at radius 3 is 3.14 bits per heavy atom. The Morgan fingerprint density at radius 1 is 1.64 bits per heavy atom. The van der Waals surface area contributed by atoms with Crippen molar-refractivity contribution in [3.63, 3.8) is 0 Å². The van der Waals surface area contributed by atoms with Crippen LogP contribution in [0.2, 0.25) is 5.15 Å². The molecule has 0 fully saturated rings. The van der Waals surface area contributed by atoms with E-state index in [0.717, 1.165) is 0 Å². The maximum absolute atomic E-state index is 10.7. The van der Waals surface area contributed by atoms with Crippen LogP contribution >= 0.6 is 11.6 Å². The van der Waals surface area contributed by atoms with Gasteiger partial charge in [-0.3, -0.25) is 15.1 Å². The van der Waals surface area contributed by atoms with Gasteiger partial charge in [0.25, 0.3) is 0 Å². The summed E-state index contributed by atoms with van der Waals surface area (Å²) < 4.78 is 0. The number of carbonyl (C=O) groups is 1. The van der Waals surface area contributed by atoms with Gasteiger partial charge in [0.15, 0.2) is 11.5 Å². The Balaban J connectivity index is 2.53. The van der Waals surface area contributed by atoms with Crippen molar-refractivity contribution in [2.45, 2.75) is 6.92 Å². The molecule has 2 heterocycles. The summed E-state index contributed by atoms with van der Waals surface area (Å²) in [6.45, 7) is 1.38. The van der Waals surface area contributed by atoms with Crippen LogP contribution in [0.3, 0.4) is 0 Å². The van der Waals surface area contributed by atoms with Crippen molar-refractivity contribution >= 4 is 34.6 Å². The zero-order chi connectivity index (χ0) is 10.1. The number of rotatable bonds is 1. The number of nitrogens with zero attached hydrogens (tertiary/aromatic N) is 2. The maximum Gasteiger partial charge on any atom is 0.308 e. The predicted molar refractivity (Wildman–Crippen MR) is 49.8 cm³/mol. The van der Waals surface area contributed by atoms with E-state index in [-0.39, 0.29) is 17.0 Å². The van der Waals surface area contributed by atoms with Gasteiger partial charge >= 0.3 is 11.6 Å². The van der Waals surface area contributed by atoms with Crippen molar-refractivity contribution in [3.8, 4) is 0 Å². The van der Waals surface area contributed by atoms with E-state index in [2.05, 4.69) is 25.3 Å². The molecule has 2 aromatic heterocycles. The summed E-state index contributed by atoms with van der Waals surface area (Å²) in [5, 5.41) is 2.71. The molecule has 0 aliphatic rings. The molecular formula is C7H7ClN5O+. The zero-order valence-electron chi connectivity index (χ0n) is 7.26. The first-order valence-corrected chi connectivity index (χ1v) is 4.24. The molecule has 7 heteroatoms. The fourth-order valence-electron chi connectivity index (χ4n) is 1.06. The van der Waals surface area contributed by atoms with Crippen molar-refractivity contribution in [1.82, 2.24) is 15.0 Å². The van der Waals surface area contributed by atoms with E-state index in [1.54, 1.807) is 6.33 Å².